The van der Waals surface area contributed by atoms with Gasteiger partial charge in [-0.25, -0.2) is 4.98 Å². The van der Waals surface area contributed by atoms with Gasteiger partial charge in [0, 0.05) is 11.4 Å². The maximum Gasteiger partial charge on any atom is 0.267 e. The van der Waals surface area contributed by atoms with Crippen molar-refractivity contribution in [2.45, 2.75) is 37.4 Å². The lowest BCUT2D eigenvalue weighted by molar-refractivity contribution is -0.117. The molecule has 37 heavy (non-hydrogen) atoms. The molecule has 0 saturated heterocycles. The van der Waals surface area contributed by atoms with Crippen LogP contribution < -0.4 is 10.9 Å². The Morgan fingerprint density at radius 2 is 1.81 bits per heavy atom. The fraction of sp³-hybridized carbons (Fsp3) is 0.214. The van der Waals surface area contributed by atoms with E-state index in [0.717, 1.165) is 48.6 Å². The van der Waals surface area contributed by atoms with Crippen LogP contribution in [-0.2, 0) is 24.2 Å². The number of thioether (sulfide) groups is 1. The second-order valence-corrected chi connectivity index (χ2v) is 10.7. The number of aryl methyl sites for hydroxylation is 2. The first-order chi connectivity index (χ1) is 18.1. The molecule has 2 aromatic heterocycles. The van der Waals surface area contributed by atoms with Gasteiger partial charge in [0.2, 0.25) is 0 Å². The monoisotopic (exact) mass is 528 g/mol. The zero-order valence-electron chi connectivity index (χ0n) is 19.9. The van der Waals surface area contributed by atoms with Gasteiger partial charge in [-0.15, -0.1) is 11.3 Å². The highest BCUT2D eigenvalue weighted by Crippen LogP contribution is 2.35. The second kappa shape index (κ2) is 11.0. The van der Waals surface area contributed by atoms with Crippen molar-refractivity contribution in [2.24, 2.45) is 0 Å². The number of fused-ring (bicyclic) bond motifs is 3. The molecule has 2 aromatic carbocycles. The van der Waals surface area contributed by atoms with Crippen LogP contribution in [0.3, 0.4) is 0 Å². The first kappa shape index (κ1) is 24.8. The van der Waals surface area contributed by atoms with Gasteiger partial charge in [-0.3, -0.25) is 14.2 Å². The van der Waals surface area contributed by atoms with Crippen molar-refractivity contribution in [1.82, 2.24) is 14.9 Å². The van der Waals surface area contributed by atoms with Crippen LogP contribution in [0.4, 0.5) is 0 Å². The van der Waals surface area contributed by atoms with E-state index in [2.05, 4.69) is 5.32 Å². The lowest BCUT2D eigenvalue weighted by Gasteiger charge is -2.14. The van der Waals surface area contributed by atoms with E-state index in [1.807, 2.05) is 66.7 Å². The molecule has 0 fully saturated rings. The number of amides is 1. The van der Waals surface area contributed by atoms with E-state index < -0.39 is 5.91 Å². The summed E-state index contributed by atoms with van der Waals surface area (Å²) in [4.78, 5) is 33.1. The summed E-state index contributed by atoms with van der Waals surface area (Å²) in [5, 5.41) is 24.0. The minimum atomic E-state index is -0.653. The van der Waals surface area contributed by atoms with Crippen molar-refractivity contribution < 1.29 is 9.90 Å². The summed E-state index contributed by atoms with van der Waals surface area (Å²) in [5.41, 5.74) is 2.16. The molecule has 1 aliphatic rings. The topological polar surface area (TPSA) is 108 Å². The SMILES string of the molecule is N#CC(C(=O)NCc1ccccc1)=C(O)CSc1nc2sc3c(c2c(=O)n1-c1ccccc1)CCCC3. The van der Waals surface area contributed by atoms with E-state index in [-0.39, 0.29) is 29.2 Å². The number of nitriles is 1. The third kappa shape index (κ3) is 5.17. The molecule has 7 nitrogen and oxygen atoms in total. The number of aliphatic hydroxyl groups is 1. The third-order valence-corrected chi connectivity index (χ3v) is 8.37. The molecule has 4 aromatic rings. The number of aromatic nitrogens is 2. The lowest BCUT2D eigenvalue weighted by Crippen LogP contribution is -2.25. The van der Waals surface area contributed by atoms with Crippen LogP contribution in [0.15, 0.2) is 81.9 Å². The number of para-hydroxylation sites is 1. The molecule has 0 bridgehead atoms. The number of aliphatic hydroxyl groups excluding tert-OH is 1. The molecule has 0 aliphatic heterocycles. The van der Waals surface area contributed by atoms with E-state index in [1.165, 1.54) is 4.88 Å². The quantitative estimate of drug-likeness (QED) is 0.114. The molecule has 0 radical (unpaired) electrons. The van der Waals surface area contributed by atoms with E-state index in [4.69, 9.17) is 4.98 Å². The van der Waals surface area contributed by atoms with Crippen LogP contribution in [0.2, 0.25) is 0 Å². The van der Waals surface area contributed by atoms with Crippen LogP contribution in [0, 0.1) is 11.3 Å². The number of thiophene rings is 1. The zero-order valence-corrected chi connectivity index (χ0v) is 21.6. The first-order valence-electron chi connectivity index (χ1n) is 12.0. The zero-order chi connectivity index (χ0) is 25.8. The highest BCUT2D eigenvalue weighted by Gasteiger charge is 2.23. The smallest absolute Gasteiger partial charge is 0.267 e. The molecule has 5 rings (SSSR count). The molecule has 2 N–H and O–H groups in total. The molecule has 0 unspecified atom stereocenters. The summed E-state index contributed by atoms with van der Waals surface area (Å²) in [7, 11) is 0. The third-order valence-electron chi connectivity index (χ3n) is 6.23. The molecule has 0 saturated carbocycles. The Kier molecular flexibility index (Phi) is 7.40. The van der Waals surface area contributed by atoms with Crippen LogP contribution in [-0.4, -0.2) is 26.3 Å². The largest absolute Gasteiger partial charge is 0.510 e. The molecule has 186 valence electrons. The normalized spacial score (nSPS) is 13.5. The summed E-state index contributed by atoms with van der Waals surface area (Å²) in [6.07, 6.45) is 4.00. The predicted octanol–water partition coefficient (Wildman–Crippen LogP) is 5.07. The first-order valence-corrected chi connectivity index (χ1v) is 13.8. The summed E-state index contributed by atoms with van der Waals surface area (Å²) in [5.74, 6) is -1.10. The molecule has 9 heteroatoms. The van der Waals surface area contributed by atoms with Crippen molar-refractivity contribution in [1.29, 1.82) is 5.26 Å². The summed E-state index contributed by atoms with van der Waals surface area (Å²) in [6.45, 7) is 0.236. The number of carbonyl (C=O) groups excluding carboxylic acids is 1. The van der Waals surface area contributed by atoms with E-state index in [0.29, 0.717) is 21.1 Å². The van der Waals surface area contributed by atoms with Crippen molar-refractivity contribution in [3.05, 3.63) is 98.4 Å². The highest BCUT2D eigenvalue weighted by molar-refractivity contribution is 7.99. The Morgan fingerprint density at radius 1 is 1.11 bits per heavy atom. The van der Waals surface area contributed by atoms with Gasteiger partial charge >= 0.3 is 0 Å². The van der Waals surface area contributed by atoms with Gasteiger partial charge < -0.3 is 10.4 Å². The van der Waals surface area contributed by atoms with Gasteiger partial charge in [0.15, 0.2) is 10.7 Å². The average Bonchev–Trinajstić information content (AvgIpc) is 3.31. The number of nitrogens with one attached hydrogen (secondary N) is 1. The van der Waals surface area contributed by atoms with Gasteiger partial charge in [-0.1, -0.05) is 60.3 Å². The van der Waals surface area contributed by atoms with E-state index in [1.54, 1.807) is 15.9 Å². The van der Waals surface area contributed by atoms with Gasteiger partial charge in [0.1, 0.15) is 16.7 Å². The summed E-state index contributed by atoms with van der Waals surface area (Å²) < 4.78 is 1.56. The van der Waals surface area contributed by atoms with Gasteiger partial charge in [-0.05, 0) is 48.9 Å². The Bertz CT molecular complexity index is 1590. The predicted molar refractivity (Wildman–Crippen MR) is 146 cm³/mol. The van der Waals surface area contributed by atoms with Gasteiger partial charge in [0.05, 0.1) is 16.8 Å². The second-order valence-electron chi connectivity index (χ2n) is 8.65. The number of hydrogen-bond acceptors (Lipinski definition) is 7. The average molecular weight is 529 g/mol. The molecule has 1 amide bonds. The molecular weight excluding hydrogens is 504 g/mol. The van der Waals surface area contributed by atoms with Crippen LogP contribution in [0.25, 0.3) is 15.9 Å². The minimum Gasteiger partial charge on any atom is -0.510 e. The maximum atomic E-state index is 13.8. The van der Waals surface area contributed by atoms with Crippen LogP contribution in [0.5, 0.6) is 0 Å². The van der Waals surface area contributed by atoms with Crippen LogP contribution >= 0.6 is 23.1 Å². The Labute approximate surface area is 222 Å². The van der Waals surface area contributed by atoms with Crippen molar-refractivity contribution in [3.8, 4) is 11.8 Å². The van der Waals surface area contributed by atoms with Crippen molar-refractivity contribution in [2.75, 3.05) is 5.75 Å². The van der Waals surface area contributed by atoms with Crippen LogP contribution in [0.1, 0.15) is 28.8 Å². The molecule has 0 atom stereocenters. The molecule has 2 heterocycles. The van der Waals surface area contributed by atoms with Crippen molar-refractivity contribution in [3.63, 3.8) is 0 Å². The number of hydrogen-bond donors (Lipinski definition) is 2. The molecular formula is C28H24N4O3S2. The standard InChI is InChI=1S/C28H24N4O3S2/c29-15-21(25(34)30-16-18-9-3-1-4-10-18)22(33)17-36-28-31-26-24(20-13-7-8-14-23(20)37-26)27(35)32(28)19-11-5-2-6-12-19/h1-6,9-12,33H,7-8,13-14,16-17H2,(H,30,34). The lowest BCUT2D eigenvalue weighted by atomic mass is 9.97. The summed E-state index contributed by atoms with van der Waals surface area (Å²) >= 11 is 2.68. The minimum absolute atomic E-state index is 0.0858. The Balaban J connectivity index is 1.46. The number of nitrogens with zero attached hydrogens (tertiary/aromatic N) is 3. The van der Waals surface area contributed by atoms with Crippen molar-refractivity contribution >= 4 is 39.2 Å². The Hall–Kier alpha value is -3.87. The van der Waals surface area contributed by atoms with Gasteiger partial charge in [-0.2, -0.15) is 5.26 Å². The summed E-state index contributed by atoms with van der Waals surface area (Å²) in [6, 6.07) is 20.4. The highest BCUT2D eigenvalue weighted by atomic mass is 32.2. The Morgan fingerprint density at radius 3 is 2.54 bits per heavy atom. The molecule has 1 aliphatic carbocycles. The van der Waals surface area contributed by atoms with E-state index >= 15 is 0 Å². The maximum absolute atomic E-state index is 13.8. The number of benzene rings is 2. The number of carbonyl (C=O) groups is 1. The van der Waals surface area contributed by atoms with Gasteiger partial charge in [0.25, 0.3) is 11.5 Å². The number of rotatable bonds is 7. The fourth-order valence-electron chi connectivity index (χ4n) is 4.41. The fourth-order valence-corrected chi connectivity index (χ4v) is 6.60. The molecule has 0 spiro atoms. The van der Waals surface area contributed by atoms with E-state index in [9.17, 15) is 20.0 Å².